The van der Waals surface area contributed by atoms with Crippen molar-refractivity contribution in [1.82, 2.24) is 4.31 Å². The number of carbonyl (C=O) groups excluding carboxylic acids is 1. The van der Waals surface area contributed by atoms with Gasteiger partial charge in [-0.15, -0.1) is 11.8 Å². The number of hydrogen-bond acceptors (Lipinski definition) is 4. The van der Waals surface area contributed by atoms with Gasteiger partial charge < -0.3 is 0 Å². The lowest BCUT2D eigenvalue weighted by molar-refractivity contribution is 0.0887. The first kappa shape index (κ1) is 16.6. The predicted molar refractivity (Wildman–Crippen MR) is 92.4 cm³/mol. The molecule has 0 bridgehead atoms. The van der Waals surface area contributed by atoms with Crippen LogP contribution in [0.1, 0.15) is 15.9 Å². The van der Waals surface area contributed by atoms with Gasteiger partial charge in [0.25, 0.3) is 15.9 Å². The first-order chi connectivity index (χ1) is 10.9. The molecule has 8 heteroatoms. The number of carbonyl (C=O) groups is 1. The van der Waals surface area contributed by atoms with Crippen LogP contribution in [0, 0.1) is 0 Å². The molecule has 1 aliphatic heterocycles. The van der Waals surface area contributed by atoms with Crippen molar-refractivity contribution in [3.05, 3.63) is 63.6 Å². The third kappa shape index (κ3) is 3.21. The molecule has 23 heavy (non-hydrogen) atoms. The van der Waals surface area contributed by atoms with E-state index in [-0.39, 0.29) is 21.4 Å². The number of hydrogen-bond donors (Lipinski definition) is 0. The number of amides is 1. The maximum Gasteiger partial charge on any atom is 0.269 e. The van der Waals surface area contributed by atoms with E-state index >= 15 is 0 Å². The van der Waals surface area contributed by atoms with Crippen molar-refractivity contribution in [1.29, 1.82) is 0 Å². The highest BCUT2D eigenvalue weighted by Gasteiger charge is 2.41. The van der Waals surface area contributed by atoms with Crippen LogP contribution in [0.25, 0.3) is 0 Å². The highest BCUT2D eigenvalue weighted by Crippen LogP contribution is 2.33. The Hall–Kier alpha value is -1.21. The standard InChI is InChI=1S/C15H11Cl2NO3S2/c16-11-3-1-10(2-4-11)8-22-9-18-15(19)13-6-5-12(17)7-14(13)23(18,20)21/h1-7H,8-9H2. The molecule has 0 radical (unpaired) electrons. The van der Waals surface area contributed by atoms with Crippen molar-refractivity contribution in [2.75, 3.05) is 5.88 Å². The van der Waals surface area contributed by atoms with Gasteiger partial charge in [-0.1, -0.05) is 35.3 Å². The Labute approximate surface area is 148 Å². The lowest BCUT2D eigenvalue weighted by atomic mass is 10.2. The van der Waals surface area contributed by atoms with Gasteiger partial charge in [-0.2, -0.15) is 0 Å². The molecule has 0 saturated heterocycles. The SMILES string of the molecule is O=C1c2ccc(Cl)cc2S(=O)(=O)N1CSCc1ccc(Cl)cc1. The van der Waals surface area contributed by atoms with E-state index in [1.165, 1.54) is 30.0 Å². The van der Waals surface area contributed by atoms with Gasteiger partial charge in [-0.25, -0.2) is 12.7 Å². The summed E-state index contributed by atoms with van der Waals surface area (Å²) >= 11 is 13.0. The van der Waals surface area contributed by atoms with Crippen LogP contribution in [0.2, 0.25) is 10.0 Å². The van der Waals surface area contributed by atoms with E-state index in [0.29, 0.717) is 10.8 Å². The Bertz CT molecular complexity index is 867. The molecule has 1 heterocycles. The van der Waals surface area contributed by atoms with Crippen LogP contribution < -0.4 is 0 Å². The Morgan fingerprint density at radius 2 is 1.65 bits per heavy atom. The number of halogens is 2. The van der Waals surface area contributed by atoms with E-state index in [4.69, 9.17) is 23.2 Å². The van der Waals surface area contributed by atoms with Crippen molar-refractivity contribution < 1.29 is 13.2 Å². The van der Waals surface area contributed by atoms with E-state index in [2.05, 4.69) is 0 Å². The maximum absolute atomic E-state index is 12.4. The highest BCUT2D eigenvalue weighted by molar-refractivity contribution is 7.99. The van der Waals surface area contributed by atoms with Crippen LogP contribution in [0.4, 0.5) is 0 Å². The Kier molecular flexibility index (Phi) is 4.60. The third-order valence-electron chi connectivity index (χ3n) is 3.36. The van der Waals surface area contributed by atoms with Gasteiger partial charge in [0.05, 0.1) is 11.4 Å². The Balaban J connectivity index is 1.74. The zero-order valence-corrected chi connectivity index (χ0v) is 14.8. The molecule has 0 aliphatic carbocycles. The molecule has 1 aliphatic rings. The molecular weight excluding hydrogens is 377 g/mol. The molecule has 0 atom stereocenters. The summed E-state index contributed by atoms with van der Waals surface area (Å²) in [4.78, 5) is 12.3. The largest absolute Gasteiger partial charge is 0.269 e. The summed E-state index contributed by atoms with van der Waals surface area (Å²) in [6.07, 6.45) is 0. The second kappa shape index (κ2) is 6.36. The van der Waals surface area contributed by atoms with E-state index in [0.717, 1.165) is 9.87 Å². The minimum absolute atomic E-state index is 0.0258. The van der Waals surface area contributed by atoms with Crippen molar-refractivity contribution in [3.63, 3.8) is 0 Å². The molecular formula is C15H11Cl2NO3S2. The fourth-order valence-electron chi connectivity index (χ4n) is 2.20. The average molecular weight is 388 g/mol. The summed E-state index contributed by atoms with van der Waals surface area (Å²) in [5.74, 6) is 0.115. The van der Waals surface area contributed by atoms with Crippen LogP contribution in [0.15, 0.2) is 47.4 Å². The smallest absolute Gasteiger partial charge is 0.268 e. The van der Waals surface area contributed by atoms with Crippen LogP contribution in [-0.4, -0.2) is 24.5 Å². The highest BCUT2D eigenvalue weighted by atomic mass is 35.5. The van der Waals surface area contributed by atoms with E-state index in [9.17, 15) is 13.2 Å². The molecule has 0 N–H and O–H groups in total. The molecule has 3 rings (SSSR count). The topological polar surface area (TPSA) is 54.5 Å². The van der Waals surface area contributed by atoms with E-state index < -0.39 is 15.9 Å². The summed E-state index contributed by atoms with van der Waals surface area (Å²) in [5.41, 5.74) is 1.17. The Morgan fingerprint density at radius 3 is 2.35 bits per heavy atom. The first-order valence-electron chi connectivity index (χ1n) is 6.58. The second-order valence-corrected chi connectivity index (χ2v) is 8.56. The van der Waals surface area contributed by atoms with Gasteiger partial charge in [0.15, 0.2) is 0 Å². The summed E-state index contributed by atoms with van der Waals surface area (Å²) in [7, 11) is -3.82. The number of rotatable bonds is 4. The summed E-state index contributed by atoms with van der Waals surface area (Å²) in [6.45, 7) is 0. The predicted octanol–water partition coefficient (Wildman–Crippen LogP) is 4.03. The van der Waals surface area contributed by atoms with E-state index in [1.54, 1.807) is 12.1 Å². The van der Waals surface area contributed by atoms with Crippen molar-refractivity contribution in [3.8, 4) is 0 Å². The molecule has 4 nitrogen and oxygen atoms in total. The number of sulfonamides is 1. The maximum atomic E-state index is 12.4. The number of thioether (sulfide) groups is 1. The van der Waals surface area contributed by atoms with Crippen LogP contribution in [0.3, 0.4) is 0 Å². The average Bonchev–Trinajstić information content (AvgIpc) is 2.69. The molecule has 0 spiro atoms. The minimum atomic E-state index is -3.82. The van der Waals surface area contributed by atoms with Crippen molar-refractivity contribution in [2.24, 2.45) is 0 Å². The molecule has 0 aromatic heterocycles. The quantitative estimate of drug-likeness (QED) is 0.794. The number of fused-ring (bicyclic) bond motifs is 1. The Morgan fingerprint density at radius 1 is 1.00 bits per heavy atom. The molecule has 0 saturated carbocycles. The molecule has 2 aromatic rings. The van der Waals surface area contributed by atoms with Crippen molar-refractivity contribution >= 4 is 50.9 Å². The van der Waals surface area contributed by atoms with Gasteiger partial charge in [-0.3, -0.25) is 4.79 Å². The fourth-order valence-corrected chi connectivity index (χ4v) is 5.41. The number of nitrogens with zero attached hydrogens (tertiary/aromatic N) is 1. The minimum Gasteiger partial charge on any atom is -0.268 e. The van der Waals surface area contributed by atoms with Crippen LogP contribution >= 0.6 is 35.0 Å². The summed E-state index contributed by atoms with van der Waals surface area (Å²) in [5, 5.41) is 0.930. The van der Waals surface area contributed by atoms with E-state index in [1.807, 2.05) is 12.1 Å². The van der Waals surface area contributed by atoms with Gasteiger partial charge in [0.1, 0.15) is 4.90 Å². The molecule has 1 amide bonds. The molecule has 2 aromatic carbocycles. The van der Waals surface area contributed by atoms with Gasteiger partial charge in [-0.05, 0) is 35.9 Å². The second-order valence-electron chi connectivity index (χ2n) is 4.90. The lowest BCUT2D eigenvalue weighted by Gasteiger charge is -2.14. The number of benzene rings is 2. The normalized spacial score (nSPS) is 15.7. The third-order valence-corrected chi connectivity index (χ3v) is 6.76. The van der Waals surface area contributed by atoms with Gasteiger partial charge in [0, 0.05) is 15.8 Å². The zero-order chi connectivity index (χ0) is 16.6. The molecule has 0 fully saturated rings. The molecule has 0 unspecified atom stereocenters. The lowest BCUT2D eigenvalue weighted by Crippen LogP contribution is -2.29. The zero-order valence-electron chi connectivity index (χ0n) is 11.7. The monoisotopic (exact) mass is 387 g/mol. The summed E-state index contributed by atoms with van der Waals surface area (Å²) in [6, 6.07) is 11.5. The molecule has 120 valence electrons. The first-order valence-corrected chi connectivity index (χ1v) is 9.93. The van der Waals surface area contributed by atoms with Crippen LogP contribution in [-0.2, 0) is 15.8 Å². The van der Waals surface area contributed by atoms with Gasteiger partial charge in [0.2, 0.25) is 0 Å². The van der Waals surface area contributed by atoms with Crippen LogP contribution in [0.5, 0.6) is 0 Å². The van der Waals surface area contributed by atoms with Crippen molar-refractivity contribution in [2.45, 2.75) is 10.6 Å². The fraction of sp³-hybridized carbons (Fsp3) is 0.133. The summed E-state index contributed by atoms with van der Waals surface area (Å²) < 4.78 is 25.8. The van der Waals surface area contributed by atoms with Gasteiger partial charge >= 0.3 is 0 Å².